The van der Waals surface area contributed by atoms with Crippen molar-refractivity contribution in [1.29, 1.82) is 0 Å². The lowest BCUT2D eigenvalue weighted by molar-refractivity contribution is 0.0446. The van der Waals surface area contributed by atoms with E-state index in [1.807, 2.05) is 25.7 Å². The van der Waals surface area contributed by atoms with Crippen LogP contribution in [0.3, 0.4) is 0 Å². The summed E-state index contributed by atoms with van der Waals surface area (Å²) in [6, 6.07) is 0. The maximum absolute atomic E-state index is 10.2. The highest BCUT2D eigenvalue weighted by molar-refractivity contribution is 7.80. The second-order valence-corrected chi connectivity index (χ2v) is 5.94. The van der Waals surface area contributed by atoms with E-state index in [-0.39, 0.29) is 0 Å². The number of nitrogens with zero attached hydrogens (tertiary/aromatic N) is 3. The van der Waals surface area contributed by atoms with Gasteiger partial charge in [-0.25, -0.2) is 0 Å². The number of nitrogens with two attached hydrogens (primary N) is 1. The molecule has 0 amide bonds. The van der Waals surface area contributed by atoms with E-state index in [1.165, 1.54) is 0 Å². The van der Waals surface area contributed by atoms with Crippen LogP contribution in [0.25, 0.3) is 0 Å². The number of β-amino-alcohol motifs (C(OH)–C–C–N with tert-alkyl or cyclic N) is 1. The van der Waals surface area contributed by atoms with Gasteiger partial charge in [0, 0.05) is 13.1 Å². The van der Waals surface area contributed by atoms with Crippen LogP contribution in [0.1, 0.15) is 36.6 Å². The van der Waals surface area contributed by atoms with Crippen molar-refractivity contribution in [2.45, 2.75) is 39.2 Å². The van der Waals surface area contributed by atoms with E-state index >= 15 is 0 Å². The fourth-order valence-corrected chi connectivity index (χ4v) is 2.76. The van der Waals surface area contributed by atoms with Crippen LogP contribution in [0.2, 0.25) is 0 Å². The number of piperidine rings is 1. The van der Waals surface area contributed by atoms with Crippen molar-refractivity contribution in [3.8, 4) is 0 Å². The molecule has 2 rings (SSSR count). The highest BCUT2D eigenvalue weighted by atomic mass is 32.1. The van der Waals surface area contributed by atoms with Gasteiger partial charge in [-0.2, -0.15) is 5.10 Å². The predicted octanol–water partition coefficient (Wildman–Crippen LogP) is 1.08. The van der Waals surface area contributed by atoms with Crippen LogP contribution >= 0.6 is 12.2 Å². The molecule has 0 aliphatic carbocycles. The van der Waals surface area contributed by atoms with Crippen molar-refractivity contribution in [3.05, 3.63) is 16.8 Å². The van der Waals surface area contributed by atoms with Crippen LogP contribution in [0.5, 0.6) is 0 Å². The summed E-state index contributed by atoms with van der Waals surface area (Å²) in [6.45, 7) is 7.04. The first kappa shape index (κ1) is 14.1. The van der Waals surface area contributed by atoms with E-state index in [4.69, 9.17) is 18.0 Å². The smallest absolute Gasteiger partial charge is 0.161 e. The molecular formula is C13H20N4OS. The highest BCUT2D eigenvalue weighted by Crippen LogP contribution is 2.28. The van der Waals surface area contributed by atoms with E-state index in [0.29, 0.717) is 17.4 Å². The summed E-state index contributed by atoms with van der Waals surface area (Å²) in [5.41, 5.74) is 7.70. The second-order valence-electron chi connectivity index (χ2n) is 5.50. The molecule has 0 saturated carbocycles. The topological polar surface area (TPSA) is 75.3 Å². The average molecular weight is 280 g/mol. The Morgan fingerprint density at radius 3 is 2.68 bits per heavy atom. The number of aryl methyl sites for hydroxylation is 1. The standard InChI is InChI=1S/C13H20N4OS/c1-8-9(2)15-16-12(10(8)11(14)19)17-6-4-5-13(3,18)7-17/h18H,4-7H2,1-3H3,(H2,14,19). The Labute approximate surface area is 118 Å². The third-order valence-electron chi connectivity index (χ3n) is 3.66. The van der Waals surface area contributed by atoms with Gasteiger partial charge in [-0.05, 0) is 39.2 Å². The molecule has 1 unspecified atom stereocenters. The van der Waals surface area contributed by atoms with Crippen molar-refractivity contribution in [1.82, 2.24) is 10.2 Å². The quantitative estimate of drug-likeness (QED) is 0.790. The number of thiocarbonyl (C=S) groups is 1. The molecule has 5 nitrogen and oxygen atoms in total. The molecule has 0 spiro atoms. The van der Waals surface area contributed by atoms with E-state index in [9.17, 15) is 5.11 Å². The summed E-state index contributed by atoms with van der Waals surface area (Å²) in [6.07, 6.45) is 1.71. The van der Waals surface area contributed by atoms with Crippen molar-refractivity contribution in [2.24, 2.45) is 5.73 Å². The minimum atomic E-state index is -0.702. The number of aliphatic hydroxyl groups is 1. The maximum atomic E-state index is 10.2. The van der Waals surface area contributed by atoms with Gasteiger partial charge in [0.05, 0.1) is 16.9 Å². The summed E-state index contributed by atoms with van der Waals surface area (Å²) >= 11 is 5.14. The summed E-state index contributed by atoms with van der Waals surface area (Å²) in [5, 5.41) is 18.6. The molecule has 0 radical (unpaired) electrons. The first-order chi connectivity index (χ1) is 8.82. The number of anilines is 1. The van der Waals surface area contributed by atoms with Gasteiger partial charge in [-0.3, -0.25) is 0 Å². The minimum absolute atomic E-state index is 0.329. The van der Waals surface area contributed by atoms with Gasteiger partial charge in [0.2, 0.25) is 0 Å². The Morgan fingerprint density at radius 1 is 1.42 bits per heavy atom. The van der Waals surface area contributed by atoms with Gasteiger partial charge in [-0.1, -0.05) is 12.2 Å². The van der Waals surface area contributed by atoms with Crippen molar-refractivity contribution in [3.63, 3.8) is 0 Å². The summed E-state index contributed by atoms with van der Waals surface area (Å²) in [7, 11) is 0. The Bertz CT molecular complexity index is 516. The van der Waals surface area contributed by atoms with Crippen LogP contribution in [0.15, 0.2) is 0 Å². The molecule has 2 heterocycles. The van der Waals surface area contributed by atoms with Crippen molar-refractivity contribution >= 4 is 23.0 Å². The van der Waals surface area contributed by atoms with Crippen molar-refractivity contribution in [2.75, 3.05) is 18.0 Å². The fraction of sp³-hybridized carbons (Fsp3) is 0.615. The molecule has 6 heteroatoms. The number of aromatic nitrogens is 2. The third-order valence-corrected chi connectivity index (χ3v) is 3.86. The van der Waals surface area contributed by atoms with E-state index in [1.54, 1.807) is 0 Å². The third kappa shape index (κ3) is 2.84. The molecule has 104 valence electrons. The van der Waals surface area contributed by atoms with E-state index in [0.717, 1.165) is 36.2 Å². The molecule has 1 atom stereocenters. The average Bonchev–Trinajstić information content (AvgIpc) is 2.30. The lowest BCUT2D eigenvalue weighted by atomic mass is 9.94. The first-order valence-corrected chi connectivity index (χ1v) is 6.84. The normalized spacial score (nSPS) is 23.5. The lowest BCUT2D eigenvalue weighted by Crippen LogP contribution is -2.47. The summed E-state index contributed by atoms with van der Waals surface area (Å²) in [5.74, 6) is 0.690. The Hall–Kier alpha value is -1.27. The Kier molecular flexibility index (Phi) is 3.73. The van der Waals surface area contributed by atoms with Gasteiger partial charge in [0.1, 0.15) is 4.99 Å². The lowest BCUT2D eigenvalue weighted by Gasteiger charge is -2.38. The van der Waals surface area contributed by atoms with Crippen LogP contribution < -0.4 is 10.6 Å². The van der Waals surface area contributed by atoms with Crippen LogP contribution in [0.4, 0.5) is 5.82 Å². The fourth-order valence-electron chi connectivity index (χ4n) is 2.51. The molecule has 0 bridgehead atoms. The zero-order chi connectivity index (χ0) is 14.2. The number of rotatable bonds is 2. The Morgan fingerprint density at radius 2 is 2.11 bits per heavy atom. The molecule has 1 aliphatic rings. The van der Waals surface area contributed by atoms with Gasteiger partial charge in [-0.15, -0.1) is 5.10 Å². The highest BCUT2D eigenvalue weighted by Gasteiger charge is 2.31. The first-order valence-electron chi connectivity index (χ1n) is 6.43. The summed E-state index contributed by atoms with van der Waals surface area (Å²) < 4.78 is 0. The second kappa shape index (κ2) is 5.02. The summed E-state index contributed by atoms with van der Waals surface area (Å²) in [4.78, 5) is 2.35. The molecule has 1 aliphatic heterocycles. The number of hydrogen-bond acceptors (Lipinski definition) is 5. The minimum Gasteiger partial charge on any atom is -0.389 e. The molecule has 1 saturated heterocycles. The zero-order valence-electron chi connectivity index (χ0n) is 11.6. The van der Waals surface area contributed by atoms with Gasteiger partial charge in [0.25, 0.3) is 0 Å². The van der Waals surface area contributed by atoms with Gasteiger partial charge >= 0.3 is 0 Å². The Balaban J connectivity index is 2.45. The number of hydrogen-bond donors (Lipinski definition) is 2. The predicted molar refractivity (Wildman–Crippen MR) is 79.5 cm³/mol. The monoisotopic (exact) mass is 280 g/mol. The molecule has 1 aromatic heterocycles. The van der Waals surface area contributed by atoms with E-state index < -0.39 is 5.60 Å². The molecule has 1 fully saturated rings. The molecule has 19 heavy (non-hydrogen) atoms. The molecule has 3 N–H and O–H groups in total. The van der Waals surface area contributed by atoms with Gasteiger partial charge < -0.3 is 15.7 Å². The maximum Gasteiger partial charge on any atom is 0.161 e. The zero-order valence-corrected chi connectivity index (χ0v) is 12.4. The van der Waals surface area contributed by atoms with Gasteiger partial charge in [0.15, 0.2) is 5.82 Å². The van der Waals surface area contributed by atoms with Crippen molar-refractivity contribution < 1.29 is 5.11 Å². The SMILES string of the molecule is Cc1nnc(N2CCCC(C)(O)C2)c(C(N)=S)c1C. The van der Waals surface area contributed by atoms with E-state index in [2.05, 4.69) is 10.2 Å². The molecular weight excluding hydrogens is 260 g/mol. The van der Waals surface area contributed by atoms with Crippen LogP contribution in [0, 0.1) is 13.8 Å². The van der Waals surface area contributed by atoms with Crippen LogP contribution in [-0.4, -0.2) is 39.0 Å². The molecule has 1 aromatic rings. The molecule has 0 aromatic carbocycles. The largest absolute Gasteiger partial charge is 0.389 e. The van der Waals surface area contributed by atoms with Crippen LogP contribution in [-0.2, 0) is 0 Å².